The Morgan fingerprint density at radius 2 is 1.70 bits per heavy atom. The van der Waals surface area contributed by atoms with Gasteiger partial charge in [-0.15, -0.1) is 0 Å². The fourth-order valence-electron chi connectivity index (χ4n) is 8.53. The SMILES string of the molecule is CC1=C(O)C(=O)C=C2C1=CC=C1[C@@]2(C)CC[C@]2(C)[C@H]3C[C@H](C)C(=O)[C@@H](O)[C@@]3(C)C[C@@H](O)[C@]12C. The number of ketones is 2. The number of hydrogen-bond acceptors (Lipinski definition) is 5. The minimum absolute atomic E-state index is 0.0876. The van der Waals surface area contributed by atoms with E-state index >= 15 is 0 Å². The second kappa shape index (κ2) is 6.57. The van der Waals surface area contributed by atoms with Crippen molar-refractivity contribution in [3.8, 4) is 0 Å². The first-order valence-corrected chi connectivity index (χ1v) is 12.2. The van der Waals surface area contributed by atoms with E-state index in [2.05, 4.69) is 26.8 Å². The summed E-state index contributed by atoms with van der Waals surface area (Å²) in [6, 6.07) is 0. The molecule has 0 saturated heterocycles. The number of aliphatic hydroxyl groups excluding tert-OH is 3. The van der Waals surface area contributed by atoms with Crippen LogP contribution in [0, 0.1) is 33.5 Å². The topological polar surface area (TPSA) is 94.8 Å². The van der Waals surface area contributed by atoms with Crippen molar-refractivity contribution in [1.29, 1.82) is 0 Å². The van der Waals surface area contributed by atoms with Gasteiger partial charge in [-0.1, -0.05) is 52.3 Å². The Bertz CT molecular complexity index is 1110. The van der Waals surface area contributed by atoms with E-state index in [1.165, 1.54) is 0 Å². The molecule has 0 bridgehead atoms. The smallest absolute Gasteiger partial charge is 0.220 e. The van der Waals surface area contributed by atoms with Gasteiger partial charge in [-0.25, -0.2) is 0 Å². The minimum Gasteiger partial charge on any atom is -0.504 e. The molecule has 3 N–H and O–H groups in total. The summed E-state index contributed by atoms with van der Waals surface area (Å²) in [6.45, 7) is 12.2. The molecule has 178 valence electrons. The molecule has 0 heterocycles. The largest absolute Gasteiger partial charge is 0.504 e. The van der Waals surface area contributed by atoms with Crippen molar-refractivity contribution < 1.29 is 24.9 Å². The Morgan fingerprint density at radius 3 is 2.36 bits per heavy atom. The van der Waals surface area contributed by atoms with E-state index in [4.69, 9.17) is 0 Å². The summed E-state index contributed by atoms with van der Waals surface area (Å²) < 4.78 is 0. The fraction of sp³-hybridized carbons (Fsp3) is 0.643. The molecule has 5 nitrogen and oxygen atoms in total. The van der Waals surface area contributed by atoms with Crippen molar-refractivity contribution in [3.05, 3.63) is 46.3 Å². The number of hydrogen-bond donors (Lipinski definition) is 3. The lowest BCUT2D eigenvalue weighted by atomic mass is 9.34. The number of rotatable bonds is 0. The van der Waals surface area contributed by atoms with Gasteiger partial charge in [0, 0.05) is 27.7 Å². The van der Waals surface area contributed by atoms with Gasteiger partial charge in [0.2, 0.25) is 5.78 Å². The number of carbonyl (C=O) groups is 2. The van der Waals surface area contributed by atoms with Gasteiger partial charge in [0.25, 0.3) is 0 Å². The Hall–Kier alpha value is -1.98. The molecule has 0 aliphatic heterocycles. The molecule has 33 heavy (non-hydrogen) atoms. The molecule has 0 aromatic heterocycles. The van der Waals surface area contributed by atoms with Gasteiger partial charge in [0.05, 0.1) is 6.10 Å². The zero-order valence-electron chi connectivity index (χ0n) is 20.5. The highest BCUT2D eigenvalue weighted by atomic mass is 16.3. The van der Waals surface area contributed by atoms with Gasteiger partial charge in [-0.2, -0.15) is 0 Å². The van der Waals surface area contributed by atoms with E-state index in [0.717, 1.165) is 29.6 Å². The first-order chi connectivity index (χ1) is 15.2. The monoisotopic (exact) mass is 452 g/mol. The van der Waals surface area contributed by atoms with E-state index in [-0.39, 0.29) is 34.6 Å². The van der Waals surface area contributed by atoms with E-state index < -0.39 is 28.5 Å². The molecule has 0 unspecified atom stereocenters. The minimum atomic E-state index is -1.06. The molecule has 8 atom stereocenters. The summed E-state index contributed by atoms with van der Waals surface area (Å²) in [5.74, 6) is -0.777. The van der Waals surface area contributed by atoms with E-state index in [9.17, 15) is 24.9 Å². The number of fused-ring (bicyclic) bond motifs is 7. The lowest BCUT2D eigenvalue weighted by molar-refractivity contribution is -0.226. The third kappa shape index (κ3) is 2.45. The molecule has 0 amide bonds. The molecule has 0 aromatic carbocycles. The summed E-state index contributed by atoms with van der Waals surface area (Å²) in [7, 11) is 0. The maximum absolute atomic E-state index is 12.7. The number of carbonyl (C=O) groups excluding carboxylic acids is 2. The van der Waals surface area contributed by atoms with Gasteiger partial charge < -0.3 is 15.3 Å². The average molecular weight is 453 g/mol. The fourth-order valence-corrected chi connectivity index (χ4v) is 8.53. The Morgan fingerprint density at radius 1 is 1.03 bits per heavy atom. The second-order valence-electron chi connectivity index (χ2n) is 12.2. The quantitative estimate of drug-likeness (QED) is 0.508. The van der Waals surface area contributed by atoms with Gasteiger partial charge in [-0.3, -0.25) is 9.59 Å². The first kappa shape index (κ1) is 22.8. The Kier molecular flexibility index (Phi) is 4.54. The van der Waals surface area contributed by atoms with Crippen molar-refractivity contribution in [2.24, 2.45) is 33.5 Å². The molecular formula is C28H36O5. The third-order valence-corrected chi connectivity index (χ3v) is 10.9. The highest BCUT2D eigenvalue weighted by molar-refractivity contribution is 6.06. The van der Waals surface area contributed by atoms with Crippen LogP contribution in [0.2, 0.25) is 0 Å². The summed E-state index contributed by atoms with van der Waals surface area (Å²) in [5, 5.41) is 33.1. The predicted molar refractivity (Wildman–Crippen MR) is 125 cm³/mol. The van der Waals surface area contributed by atoms with E-state index in [1.807, 2.05) is 19.9 Å². The van der Waals surface area contributed by atoms with Crippen LogP contribution in [0.3, 0.4) is 0 Å². The number of Topliss-reactive ketones (excluding diaryl/α,β-unsaturated/α-hetero) is 1. The lowest BCUT2D eigenvalue weighted by Gasteiger charge is -2.70. The molecule has 5 rings (SSSR count). The van der Waals surface area contributed by atoms with Crippen LogP contribution < -0.4 is 0 Å². The van der Waals surface area contributed by atoms with Crippen LogP contribution in [-0.2, 0) is 9.59 Å². The average Bonchev–Trinajstić information content (AvgIpc) is 2.76. The molecule has 0 radical (unpaired) electrons. The summed E-state index contributed by atoms with van der Waals surface area (Å²) in [6.07, 6.45) is 6.58. The lowest BCUT2D eigenvalue weighted by Crippen LogP contribution is -2.69. The van der Waals surface area contributed by atoms with E-state index in [1.54, 1.807) is 13.0 Å². The molecule has 5 aliphatic rings. The standard InChI is InChI=1S/C28H36O5/c1-14-11-20-26(4,24(33)22(14)31)13-21(30)28(6)19-8-7-16-15(2)23(32)18(29)12-17(16)25(19,3)9-10-27(20,28)5/h7-8,12,14,20-21,24,30,32-33H,9-11,13H2,1-6H3/t14-,20-,21+,24+,25-,26-,27+,28-/m0/s1. The number of allylic oxidation sites excluding steroid dienone is 6. The normalized spacial score (nSPS) is 49.3. The van der Waals surface area contributed by atoms with Crippen LogP contribution in [-0.4, -0.2) is 39.1 Å². The molecule has 0 spiro atoms. The zero-order valence-corrected chi connectivity index (χ0v) is 20.5. The Balaban J connectivity index is 1.70. The van der Waals surface area contributed by atoms with Crippen molar-refractivity contribution >= 4 is 11.6 Å². The molecular weight excluding hydrogens is 416 g/mol. The highest BCUT2D eigenvalue weighted by Crippen LogP contribution is 2.74. The van der Waals surface area contributed by atoms with Gasteiger partial charge in [0.1, 0.15) is 6.10 Å². The van der Waals surface area contributed by atoms with Crippen LogP contribution in [0.5, 0.6) is 0 Å². The Labute approximate surface area is 196 Å². The third-order valence-electron chi connectivity index (χ3n) is 10.9. The molecule has 3 fully saturated rings. The van der Waals surface area contributed by atoms with Crippen molar-refractivity contribution in [3.63, 3.8) is 0 Å². The van der Waals surface area contributed by atoms with Gasteiger partial charge >= 0.3 is 0 Å². The van der Waals surface area contributed by atoms with Crippen LogP contribution in [0.25, 0.3) is 0 Å². The molecule has 5 aliphatic carbocycles. The molecule has 5 heteroatoms. The maximum Gasteiger partial charge on any atom is 0.220 e. The summed E-state index contributed by atoms with van der Waals surface area (Å²) in [5.41, 5.74) is 1.56. The maximum atomic E-state index is 12.7. The van der Waals surface area contributed by atoms with Gasteiger partial charge in [-0.05, 0) is 61.2 Å². The second-order valence-corrected chi connectivity index (χ2v) is 12.2. The van der Waals surface area contributed by atoms with Crippen molar-refractivity contribution in [2.75, 3.05) is 0 Å². The van der Waals surface area contributed by atoms with Gasteiger partial charge in [0.15, 0.2) is 11.5 Å². The zero-order chi connectivity index (χ0) is 24.3. The predicted octanol–water partition coefficient (Wildman–Crippen LogP) is 4.36. The van der Waals surface area contributed by atoms with Crippen LogP contribution in [0.4, 0.5) is 0 Å². The molecule has 3 saturated carbocycles. The van der Waals surface area contributed by atoms with Crippen LogP contribution in [0.15, 0.2) is 46.3 Å². The van der Waals surface area contributed by atoms with Crippen LogP contribution >= 0.6 is 0 Å². The van der Waals surface area contributed by atoms with Crippen molar-refractivity contribution in [1.82, 2.24) is 0 Å². The summed E-state index contributed by atoms with van der Waals surface area (Å²) in [4.78, 5) is 25.3. The molecule has 0 aromatic rings. The number of aliphatic hydroxyl groups is 3. The van der Waals surface area contributed by atoms with Crippen LogP contribution in [0.1, 0.15) is 67.2 Å². The van der Waals surface area contributed by atoms with Crippen molar-refractivity contribution in [2.45, 2.75) is 79.4 Å². The van der Waals surface area contributed by atoms with E-state index in [0.29, 0.717) is 18.4 Å². The summed E-state index contributed by atoms with van der Waals surface area (Å²) >= 11 is 0. The highest BCUT2D eigenvalue weighted by Gasteiger charge is 2.71. The first-order valence-electron chi connectivity index (χ1n) is 12.2.